The van der Waals surface area contributed by atoms with Gasteiger partial charge in [0.05, 0.1) is 22.6 Å². The minimum atomic E-state index is -1.80. The second kappa shape index (κ2) is 15.8. The Morgan fingerprint density at radius 1 is 0.603 bits per heavy atom. The van der Waals surface area contributed by atoms with Crippen molar-refractivity contribution in [3.63, 3.8) is 0 Å². The van der Waals surface area contributed by atoms with Crippen LogP contribution in [0, 0.1) is 12.1 Å². The molecule has 5 heterocycles. The molecule has 5 aromatic heterocycles. The van der Waals surface area contributed by atoms with E-state index in [-0.39, 0.29) is 20.1 Å². The first kappa shape index (κ1) is 38.3. The summed E-state index contributed by atoms with van der Waals surface area (Å²) in [5.41, 5.74) is 8.34. The number of aromatic nitrogens is 4. The number of hydrogen-bond donors (Lipinski definition) is 0. The Labute approximate surface area is 361 Å². The van der Waals surface area contributed by atoms with E-state index in [9.17, 15) is 0 Å². The average Bonchev–Trinajstić information content (AvgIpc) is 3.95. The molecule has 0 N–H and O–H groups in total. The number of pyridine rings is 2. The van der Waals surface area contributed by atoms with Gasteiger partial charge >= 0.3 is 143 Å². The van der Waals surface area contributed by atoms with Crippen LogP contribution in [0.4, 0.5) is 0 Å². The fourth-order valence-corrected chi connectivity index (χ4v) is 11.8. The van der Waals surface area contributed by atoms with Gasteiger partial charge in [0.15, 0.2) is 0 Å². The summed E-state index contributed by atoms with van der Waals surface area (Å²) in [6, 6.07) is 61.7. The zero-order chi connectivity index (χ0) is 38.5. The maximum Gasteiger partial charge on any atom is 0.114 e. The number of rotatable bonds is 5. The van der Waals surface area contributed by atoms with Crippen LogP contribution in [0.2, 0.25) is 17.3 Å². The van der Waals surface area contributed by atoms with Crippen molar-refractivity contribution in [2.75, 3.05) is 0 Å². The van der Waals surface area contributed by atoms with Crippen LogP contribution < -0.4 is 4.40 Å². The number of hydrogen-bond acceptors (Lipinski definition) is 5. The molecular weight excluding hydrogens is 986 g/mol. The van der Waals surface area contributed by atoms with Crippen LogP contribution in [0.3, 0.4) is 0 Å². The molecular formula is C50H36GeIrN4S2-2. The Morgan fingerprint density at radius 2 is 1.34 bits per heavy atom. The number of nitrogens with zero attached hydrogens (tertiary/aromatic N) is 4. The zero-order valence-electron chi connectivity index (χ0n) is 32.0. The van der Waals surface area contributed by atoms with Crippen molar-refractivity contribution < 1.29 is 20.1 Å². The molecule has 11 aromatic rings. The Kier molecular flexibility index (Phi) is 10.4. The monoisotopic (exact) mass is 1020 g/mol. The van der Waals surface area contributed by atoms with Crippen molar-refractivity contribution in [1.29, 1.82) is 0 Å². The first-order valence-corrected chi connectivity index (χ1v) is 28.0. The van der Waals surface area contributed by atoms with Gasteiger partial charge in [-0.2, -0.15) is 11.3 Å². The molecule has 283 valence electrons. The van der Waals surface area contributed by atoms with Crippen molar-refractivity contribution in [3.05, 3.63) is 176 Å². The van der Waals surface area contributed by atoms with E-state index in [1.807, 2.05) is 47.7 Å². The van der Waals surface area contributed by atoms with Crippen molar-refractivity contribution in [2.24, 2.45) is 0 Å². The third-order valence-electron chi connectivity index (χ3n) is 10.4. The van der Waals surface area contributed by atoms with Gasteiger partial charge in [0.2, 0.25) is 0 Å². The summed E-state index contributed by atoms with van der Waals surface area (Å²) >= 11 is 1.74. The van der Waals surface area contributed by atoms with Gasteiger partial charge in [-0.1, -0.05) is 77.7 Å². The topological polar surface area (TPSA) is 43.6 Å². The smallest absolute Gasteiger partial charge is 0.114 e. The van der Waals surface area contributed by atoms with Gasteiger partial charge in [0.1, 0.15) is 4.83 Å². The molecule has 0 aliphatic heterocycles. The second-order valence-corrected chi connectivity index (χ2v) is 27.8. The van der Waals surface area contributed by atoms with Gasteiger partial charge in [-0.3, -0.25) is 4.98 Å². The van der Waals surface area contributed by atoms with Crippen LogP contribution in [-0.4, -0.2) is 32.8 Å². The summed E-state index contributed by atoms with van der Waals surface area (Å²) in [5.74, 6) is 8.08. The van der Waals surface area contributed by atoms with Crippen LogP contribution >= 0.6 is 22.7 Å². The van der Waals surface area contributed by atoms with Gasteiger partial charge in [-0.25, -0.2) is 4.98 Å². The van der Waals surface area contributed by atoms with Crippen molar-refractivity contribution in [3.8, 4) is 39.6 Å². The molecule has 8 heteroatoms. The second-order valence-electron chi connectivity index (χ2n) is 15.1. The predicted octanol–water partition coefficient (Wildman–Crippen LogP) is 13.4. The van der Waals surface area contributed by atoms with Crippen molar-refractivity contribution >= 4 is 91.8 Å². The average molecular weight is 1020 g/mol. The first-order chi connectivity index (χ1) is 27.9. The summed E-state index contributed by atoms with van der Waals surface area (Å²) in [6.45, 7) is 0. The van der Waals surface area contributed by atoms with Gasteiger partial charge in [-0.15, -0.1) is 18.2 Å². The summed E-state index contributed by atoms with van der Waals surface area (Å²) < 4.78 is 7.44. The molecule has 0 spiro atoms. The van der Waals surface area contributed by atoms with Crippen LogP contribution in [0.5, 0.6) is 0 Å². The van der Waals surface area contributed by atoms with E-state index in [1.54, 1.807) is 11.3 Å². The van der Waals surface area contributed by atoms with Crippen LogP contribution in [0.1, 0.15) is 0 Å². The Balaban J connectivity index is 0.000000159. The van der Waals surface area contributed by atoms with E-state index in [0.29, 0.717) is 0 Å². The molecule has 0 aliphatic carbocycles. The van der Waals surface area contributed by atoms with E-state index in [2.05, 4.69) is 161 Å². The molecule has 0 unspecified atom stereocenters. The normalized spacial score (nSPS) is 11.6. The zero-order valence-corrected chi connectivity index (χ0v) is 38.2. The fraction of sp³-hybridized carbons (Fsp3) is 0.0600. The third kappa shape index (κ3) is 7.12. The summed E-state index contributed by atoms with van der Waals surface area (Å²) in [7, 11) is 0. The molecule has 11 rings (SSSR count). The minimum Gasteiger partial charge on any atom is -0.333 e. The van der Waals surface area contributed by atoms with E-state index >= 15 is 0 Å². The maximum absolute atomic E-state index is 5.06. The number of fused-ring (bicyclic) bond motifs is 7. The molecule has 1 radical (unpaired) electrons. The largest absolute Gasteiger partial charge is 0.333 e. The molecule has 0 bridgehead atoms. The van der Waals surface area contributed by atoms with E-state index in [1.165, 1.54) is 30.0 Å². The van der Waals surface area contributed by atoms with Crippen molar-refractivity contribution in [2.45, 2.75) is 17.3 Å². The van der Waals surface area contributed by atoms with Gasteiger partial charge in [0.25, 0.3) is 0 Å². The van der Waals surface area contributed by atoms with Crippen LogP contribution in [0.25, 0.3) is 91.1 Å². The quantitative estimate of drug-likeness (QED) is 0.127. The molecule has 0 amide bonds. The standard InChI is InChI=1S/C30H18N3S.C20H18GeNS.Ir/c1-3-10-20(11-4-1)25-19-18-23-22-14-9-15-24(28(22)34-30(23)32-25)29-31-26-16-7-8-17-27(26)33(29)21-12-5-2-6-13-21;1-21(2,3)15-9-10-18(22-13-15)14-8-11-20-17(12-14)16-6-4-5-7-19(16)23-20;/h1-14,16-19H;4-7,9-13H,1-3H3;/q2*-1;. The molecule has 0 saturated heterocycles. The molecule has 6 aromatic carbocycles. The van der Waals surface area contributed by atoms with Crippen molar-refractivity contribution in [1.82, 2.24) is 19.5 Å². The predicted molar refractivity (Wildman–Crippen MR) is 246 cm³/mol. The Bertz CT molecular complexity index is 3220. The number of benzene rings is 6. The van der Waals surface area contributed by atoms with Gasteiger partial charge in [-0.05, 0) is 40.4 Å². The number of para-hydroxylation sites is 3. The van der Waals surface area contributed by atoms with Gasteiger partial charge in [0, 0.05) is 31.4 Å². The molecule has 0 aliphatic rings. The van der Waals surface area contributed by atoms with Gasteiger partial charge < -0.3 is 4.57 Å². The molecule has 4 nitrogen and oxygen atoms in total. The maximum atomic E-state index is 5.06. The molecule has 0 fully saturated rings. The fourth-order valence-electron chi connectivity index (χ4n) is 7.40. The third-order valence-corrected chi connectivity index (χ3v) is 16.9. The van der Waals surface area contributed by atoms with Crippen LogP contribution in [-0.2, 0) is 20.1 Å². The van der Waals surface area contributed by atoms with E-state index < -0.39 is 13.3 Å². The first-order valence-electron chi connectivity index (χ1n) is 19.0. The summed E-state index contributed by atoms with van der Waals surface area (Å²) in [4.78, 5) is 15.8. The van der Waals surface area contributed by atoms with E-state index in [0.717, 1.165) is 65.5 Å². The molecule has 58 heavy (non-hydrogen) atoms. The number of thiophene rings is 2. The molecule has 0 atom stereocenters. The molecule has 0 saturated carbocycles. The number of imidazole rings is 1. The van der Waals surface area contributed by atoms with E-state index in [4.69, 9.17) is 15.0 Å². The Hall–Kier alpha value is -5.28. The summed E-state index contributed by atoms with van der Waals surface area (Å²) in [5, 5.41) is 4.98. The Morgan fingerprint density at radius 3 is 2.14 bits per heavy atom. The minimum absolute atomic E-state index is 0. The summed E-state index contributed by atoms with van der Waals surface area (Å²) in [6.07, 6.45) is 2.07. The SMILES string of the molecule is [CH3][Ge]([CH3])([CH3])[c]1ccc(-c2[c-]cc3sc4ccccc4c3c2)nc1.[Ir].[c-]1ccc2c(sc3nc(-c4ccccc4)ccc32)c1-c1nc2ccccc2n1-c1ccccc1. The van der Waals surface area contributed by atoms with Crippen LogP contribution in [0.15, 0.2) is 164 Å².